The van der Waals surface area contributed by atoms with Crippen molar-refractivity contribution in [1.29, 1.82) is 0 Å². The number of carbonyl (C=O) groups excluding carboxylic acids is 1. The summed E-state index contributed by atoms with van der Waals surface area (Å²) in [5, 5.41) is 0.527. The molecular weight excluding hydrogens is 334 g/mol. The maximum absolute atomic E-state index is 12.0. The third-order valence-electron chi connectivity index (χ3n) is 3.96. The summed E-state index contributed by atoms with van der Waals surface area (Å²) in [5.74, 6) is 0. The molecule has 0 unspecified atom stereocenters. The van der Waals surface area contributed by atoms with Gasteiger partial charge in [-0.15, -0.1) is 0 Å². The van der Waals surface area contributed by atoms with Gasteiger partial charge in [0, 0.05) is 36.5 Å². The van der Waals surface area contributed by atoms with Gasteiger partial charge in [-0.3, -0.25) is 0 Å². The SMILES string of the molecule is Cc1nc(Cl)ccc1SN1CC2(C1)CN(C(=O)OC(C)(C)C)C2. The molecule has 0 bridgehead atoms. The second-order valence-electron chi connectivity index (χ2n) is 7.44. The minimum Gasteiger partial charge on any atom is -0.444 e. The van der Waals surface area contributed by atoms with Gasteiger partial charge in [-0.2, -0.15) is 0 Å². The first-order valence-electron chi connectivity index (χ1n) is 7.70. The first-order valence-corrected chi connectivity index (χ1v) is 8.85. The lowest BCUT2D eigenvalue weighted by Crippen LogP contribution is -2.71. The number of nitrogens with zero attached hydrogens (tertiary/aromatic N) is 3. The summed E-state index contributed by atoms with van der Waals surface area (Å²) in [6.07, 6.45) is -0.202. The third-order valence-corrected chi connectivity index (χ3v) is 5.31. The number of likely N-dealkylation sites (tertiary alicyclic amines) is 1. The van der Waals surface area contributed by atoms with E-state index >= 15 is 0 Å². The van der Waals surface area contributed by atoms with Gasteiger partial charge < -0.3 is 9.64 Å². The Labute approximate surface area is 146 Å². The quantitative estimate of drug-likeness (QED) is 0.599. The van der Waals surface area contributed by atoms with E-state index in [2.05, 4.69) is 9.29 Å². The average molecular weight is 356 g/mol. The number of carbonyl (C=O) groups is 1. The van der Waals surface area contributed by atoms with E-state index in [4.69, 9.17) is 16.3 Å². The molecule has 23 heavy (non-hydrogen) atoms. The Balaban J connectivity index is 1.46. The van der Waals surface area contributed by atoms with Crippen LogP contribution in [0.3, 0.4) is 0 Å². The van der Waals surface area contributed by atoms with Crippen LogP contribution in [0.4, 0.5) is 4.79 Å². The van der Waals surface area contributed by atoms with Crippen molar-refractivity contribution in [3.63, 3.8) is 0 Å². The summed E-state index contributed by atoms with van der Waals surface area (Å²) in [6.45, 7) is 11.2. The highest BCUT2D eigenvalue weighted by Crippen LogP contribution is 2.45. The first kappa shape index (κ1) is 16.9. The minimum atomic E-state index is -0.430. The van der Waals surface area contributed by atoms with Gasteiger partial charge in [0.05, 0.1) is 5.69 Å². The van der Waals surface area contributed by atoms with Crippen molar-refractivity contribution in [3.8, 4) is 0 Å². The van der Waals surface area contributed by atoms with Crippen molar-refractivity contribution in [3.05, 3.63) is 23.0 Å². The fraction of sp³-hybridized carbons (Fsp3) is 0.625. The van der Waals surface area contributed by atoms with Crippen LogP contribution in [0.1, 0.15) is 26.5 Å². The second-order valence-corrected chi connectivity index (χ2v) is 8.97. The zero-order valence-electron chi connectivity index (χ0n) is 13.9. The Hall–Kier alpha value is -0.980. The van der Waals surface area contributed by atoms with Gasteiger partial charge in [-0.25, -0.2) is 14.1 Å². The Morgan fingerprint density at radius 3 is 2.52 bits per heavy atom. The van der Waals surface area contributed by atoms with Crippen LogP contribution < -0.4 is 0 Å². The molecule has 0 aliphatic carbocycles. The van der Waals surface area contributed by atoms with Crippen molar-refractivity contribution in [2.45, 2.75) is 38.2 Å². The van der Waals surface area contributed by atoms with Crippen LogP contribution in [0.25, 0.3) is 0 Å². The summed E-state index contributed by atoms with van der Waals surface area (Å²) in [6, 6.07) is 3.83. The van der Waals surface area contributed by atoms with Crippen molar-refractivity contribution in [1.82, 2.24) is 14.2 Å². The van der Waals surface area contributed by atoms with Gasteiger partial charge in [-0.1, -0.05) is 11.6 Å². The fourth-order valence-corrected chi connectivity index (χ4v) is 4.39. The summed E-state index contributed by atoms with van der Waals surface area (Å²) in [4.78, 5) is 19.2. The molecule has 2 aliphatic heterocycles. The number of aryl methyl sites for hydroxylation is 1. The topological polar surface area (TPSA) is 45.7 Å². The maximum atomic E-state index is 12.0. The largest absolute Gasteiger partial charge is 0.444 e. The Morgan fingerprint density at radius 1 is 1.30 bits per heavy atom. The molecule has 126 valence electrons. The average Bonchev–Trinajstić information content (AvgIpc) is 2.30. The van der Waals surface area contributed by atoms with Crippen LogP contribution >= 0.6 is 23.5 Å². The van der Waals surface area contributed by atoms with E-state index in [-0.39, 0.29) is 11.5 Å². The molecule has 3 rings (SSSR count). The molecule has 0 atom stereocenters. The summed E-state index contributed by atoms with van der Waals surface area (Å²) >= 11 is 7.60. The summed E-state index contributed by atoms with van der Waals surface area (Å²) in [7, 11) is 0. The Kier molecular flexibility index (Phi) is 4.27. The predicted molar refractivity (Wildman–Crippen MR) is 91.7 cm³/mol. The lowest BCUT2D eigenvalue weighted by Gasteiger charge is -2.59. The number of ether oxygens (including phenoxy) is 1. The van der Waals surface area contributed by atoms with Crippen LogP contribution in [-0.2, 0) is 4.74 Å². The molecule has 3 heterocycles. The van der Waals surface area contributed by atoms with E-state index < -0.39 is 5.60 Å². The van der Waals surface area contributed by atoms with Crippen molar-refractivity contribution in [2.24, 2.45) is 5.41 Å². The molecule has 2 fully saturated rings. The molecule has 0 saturated carbocycles. The predicted octanol–water partition coefficient (Wildman–Crippen LogP) is 3.60. The van der Waals surface area contributed by atoms with Gasteiger partial charge >= 0.3 is 6.09 Å². The Morgan fingerprint density at radius 2 is 1.96 bits per heavy atom. The number of hydrogen-bond donors (Lipinski definition) is 0. The highest BCUT2D eigenvalue weighted by molar-refractivity contribution is 7.97. The number of hydrogen-bond acceptors (Lipinski definition) is 5. The van der Waals surface area contributed by atoms with Crippen LogP contribution in [0.15, 0.2) is 17.0 Å². The highest BCUT2D eigenvalue weighted by Gasteiger charge is 2.54. The Bertz CT molecular complexity index is 618. The zero-order chi connectivity index (χ0) is 16.8. The molecule has 0 N–H and O–H groups in total. The van der Waals surface area contributed by atoms with Gasteiger partial charge in [0.2, 0.25) is 0 Å². The van der Waals surface area contributed by atoms with Gasteiger partial charge in [0.15, 0.2) is 0 Å². The van der Waals surface area contributed by atoms with Gasteiger partial charge in [0.25, 0.3) is 0 Å². The molecule has 5 nitrogen and oxygen atoms in total. The molecule has 1 aromatic rings. The zero-order valence-corrected chi connectivity index (χ0v) is 15.5. The van der Waals surface area contributed by atoms with Crippen molar-refractivity contribution >= 4 is 29.6 Å². The third kappa shape index (κ3) is 3.75. The number of pyridine rings is 1. The van der Waals surface area contributed by atoms with E-state index in [1.165, 1.54) is 0 Å². The number of halogens is 1. The van der Waals surface area contributed by atoms with Gasteiger partial charge in [0.1, 0.15) is 10.8 Å². The number of amides is 1. The van der Waals surface area contributed by atoms with Crippen LogP contribution in [-0.4, -0.2) is 52.1 Å². The smallest absolute Gasteiger partial charge is 0.410 e. The van der Waals surface area contributed by atoms with E-state index in [1.54, 1.807) is 16.8 Å². The first-order chi connectivity index (χ1) is 10.7. The van der Waals surface area contributed by atoms with Gasteiger partial charge in [-0.05, 0) is 51.8 Å². The molecular formula is C16H22ClN3O2S. The van der Waals surface area contributed by atoms with Crippen LogP contribution in [0.5, 0.6) is 0 Å². The highest BCUT2D eigenvalue weighted by atomic mass is 35.5. The van der Waals surface area contributed by atoms with E-state index in [1.807, 2.05) is 39.8 Å². The summed E-state index contributed by atoms with van der Waals surface area (Å²) in [5.41, 5.74) is 0.769. The lowest BCUT2D eigenvalue weighted by atomic mass is 9.75. The number of aromatic nitrogens is 1. The monoisotopic (exact) mass is 355 g/mol. The van der Waals surface area contributed by atoms with E-state index in [0.29, 0.717) is 5.15 Å². The molecule has 1 aromatic heterocycles. The molecule has 0 radical (unpaired) electrons. The standard InChI is InChI=1S/C16H22ClN3O2S/c1-11-12(5-6-13(17)18-11)23-20-9-16(10-20)7-19(8-16)14(21)22-15(2,3)4/h5-6H,7-10H2,1-4H3. The maximum Gasteiger partial charge on any atom is 0.410 e. The van der Waals surface area contributed by atoms with Crippen molar-refractivity contribution in [2.75, 3.05) is 26.2 Å². The number of rotatable bonds is 2. The van der Waals surface area contributed by atoms with Crippen LogP contribution in [0.2, 0.25) is 5.15 Å². The molecule has 7 heteroatoms. The molecule has 2 aliphatic rings. The van der Waals surface area contributed by atoms with Crippen LogP contribution in [0, 0.1) is 12.3 Å². The second kappa shape index (κ2) is 5.83. The fourth-order valence-electron chi connectivity index (χ4n) is 2.94. The van der Waals surface area contributed by atoms with Crippen molar-refractivity contribution < 1.29 is 9.53 Å². The molecule has 0 aromatic carbocycles. The normalized spacial score (nSPS) is 20.1. The van der Waals surface area contributed by atoms with E-state index in [9.17, 15) is 4.79 Å². The lowest BCUT2D eigenvalue weighted by molar-refractivity contribution is -0.0812. The molecule has 1 spiro atoms. The molecule has 1 amide bonds. The minimum absolute atomic E-state index is 0.202. The molecule has 2 saturated heterocycles. The van der Waals surface area contributed by atoms with E-state index in [0.717, 1.165) is 36.8 Å². The summed E-state index contributed by atoms with van der Waals surface area (Å²) < 4.78 is 7.71.